The molecule has 1 saturated heterocycles. The minimum absolute atomic E-state index is 0. The summed E-state index contributed by atoms with van der Waals surface area (Å²) >= 11 is 3.49. The molecule has 0 aromatic heterocycles. The van der Waals surface area contributed by atoms with E-state index < -0.39 is 0 Å². The maximum absolute atomic E-state index is 5.74. The molecular weight excluding hydrogens is 485 g/mol. The summed E-state index contributed by atoms with van der Waals surface area (Å²) in [6, 6.07) is 6.30. The number of halogens is 2. The van der Waals surface area contributed by atoms with Crippen molar-refractivity contribution in [1.82, 2.24) is 10.6 Å². The number of aliphatic imine (C=N–C) groups is 1. The highest BCUT2D eigenvalue weighted by Crippen LogP contribution is 2.15. The Balaban J connectivity index is 0.00000288. The Hall–Kier alpha value is -0.380. The number of hydrogen-bond acceptors (Lipinski definition) is 3. The van der Waals surface area contributed by atoms with Crippen LogP contribution in [0.5, 0.6) is 0 Å². The van der Waals surface area contributed by atoms with E-state index in [0.29, 0.717) is 0 Å². The number of nitrogens with zero attached hydrogens (tertiary/aromatic N) is 1. The van der Waals surface area contributed by atoms with Crippen LogP contribution in [0.2, 0.25) is 0 Å². The second-order valence-corrected chi connectivity index (χ2v) is 6.55. The van der Waals surface area contributed by atoms with Gasteiger partial charge in [0.25, 0.3) is 0 Å². The first-order chi connectivity index (χ1) is 11.2. The van der Waals surface area contributed by atoms with E-state index in [4.69, 9.17) is 9.47 Å². The number of benzene rings is 1. The molecule has 0 radical (unpaired) electrons. The molecule has 0 aliphatic carbocycles. The van der Waals surface area contributed by atoms with Gasteiger partial charge in [-0.15, -0.1) is 24.0 Å². The molecule has 0 amide bonds. The fraction of sp³-hybridized carbons (Fsp3) is 0.588. The Morgan fingerprint density at radius 3 is 2.92 bits per heavy atom. The fourth-order valence-electron chi connectivity index (χ4n) is 2.43. The van der Waals surface area contributed by atoms with Gasteiger partial charge in [0.05, 0.1) is 12.7 Å². The smallest absolute Gasteiger partial charge is 0.191 e. The molecule has 0 saturated carbocycles. The molecule has 7 heteroatoms. The van der Waals surface area contributed by atoms with Gasteiger partial charge in [0.2, 0.25) is 0 Å². The van der Waals surface area contributed by atoms with Gasteiger partial charge in [-0.2, -0.15) is 0 Å². The largest absolute Gasteiger partial charge is 0.379 e. The molecule has 5 nitrogen and oxygen atoms in total. The molecule has 1 aromatic carbocycles. The third-order valence-electron chi connectivity index (χ3n) is 3.83. The zero-order valence-electron chi connectivity index (χ0n) is 14.3. The number of ether oxygens (including phenoxy) is 2. The van der Waals surface area contributed by atoms with Gasteiger partial charge >= 0.3 is 0 Å². The lowest BCUT2D eigenvalue weighted by Gasteiger charge is -2.14. The van der Waals surface area contributed by atoms with Crippen molar-refractivity contribution >= 4 is 45.9 Å². The summed E-state index contributed by atoms with van der Waals surface area (Å²) in [6.07, 6.45) is 2.25. The third kappa shape index (κ3) is 7.67. The highest BCUT2D eigenvalue weighted by Gasteiger charge is 2.15. The van der Waals surface area contributed by atoms with Crippen molar-refractivity contribution in [1.29, 1.82) is 0 Å². The number of aryl methyl sites for hydroxylation is 1. The first-order valence-corrected chi connectivity index (χ1v) is 8.87. The van der Waals surface area contributed by atoms with Crippen molar-refractivity contribution in [3.63, 3.8) is 0 Å². The Morgan fingerprint density at radius 1 is 1.42 bits per heavy atom. The number of nitrogens with one attached hydrogen (secondary N) is 2. The van der Waals surface area contributed by atoms with E-state index in [9.17, 15) is 0 Å². The van der Waals surface area contributed by atoms with Gasteiger partial charge in [-0.05, 0) is 43.0 Å². The molecule has 1 fully saturated rings. The van der Waals surface area contributed by atoms with Crippen LogP contribution in [0.15, 0.2) is 27.7 Å². The van der Waals surface area contributed by atoms with Crippen LogP contribution in [0.3, 0.4) is 0 Å². The van der Waals surface area contributed by atoms with E-state index in [0.717, 1.165) is 56.2 Å². The molecule has 1 heterocycles. The molecule has 0 spiro atoms. The Labute approximate surface area is 170 Å². The van der Waals surface area contributed by atoms with Crippen LogP contribution in [-0.4, -0.2) is 45.5 Å². The molecule has 1 aliphatic rings. The predicted molar refractivity (Wildman–Crippen MR) is 112 cm³/mol. The van der Waals surface area contributed by atoms with E-state index in [-0.39, 0.29) is 30.1 Å². The van der Waals surface area contributed by atoms with Crippen LogP contribution in [-0.2, 0) is 16.0 Å². The molecule has 1 aliphatic heterocycles. The summed E-state index contributed by atoms with van der Waals surface area (Å²) in [5, 5.41) is 6.66. The van der Waals surface area contributed by atoms with Crippen LogP contribution < -0.4 is 10.6 Å². The minimum Gasteiger partial charge on any atom is -0.379 e. The fourth-order valence-corrected chi connectivity index (χ4v) is 2.91. The quantitative estimate of drug-likeness (QED) is 0.255. The summed E-state index contributed by atoms with van der Waals surface area (Å²) in [4.78, 5) is 4.25. The number of rotatable bonds is 7. The molecule has 1 aromatic rings. The SMILES string of the molecule is CN=C(NCCCOC1CCOC1)NCc1ccc(Br)cc1C.I. The lowest BCUT2D eigenvalue weighted by Crippen LogP contribution is -2.37. The molecule has 1 unspecified atom stereocenters. The Morgan fingerprint density at radius 2 is 2.25 bits per heavy atom. The van der Waals surface area contributed by atoms with Crippen LogP contribution >= 0.6 is 39.9 Å². The monoisotopic (exact) mass is 511 g/mol. The summed E-state index contributed by atoms with van der Waals surface area (Å²) < 4.78 is 12.1. The van der Waals surface area contributed by atoms with E-state index in [2.05, 4.69) is 56.7 Å². The summed E-state index contributed by atoms with van der Waals surface area (Å²) in [7, 11) is 1.79. The second-order valence-electron chi connectivity index (χ2n) is 5.63. The minimum atomic E-state index is 0. The average Bonchev–Trinajstić information content (AvgIpc) is 3.05. The molecule has 2 N–H and O–H groups in total. The van der Waals surface area contributed by atoms with Gasteiger partial charge in [-0.1, -0.05) is 22.0 Å². The first-order valence-electron chi connectivity index (χ1n) is 8.08. The Bertz CT molecular complexity index is 523. The van der Waals surface area contributed by atoms with Crippen LogP contribution in [0.4, 0.5) is 0 Å². The van der Waals surface area contributed by atoms with Crippen LogP contribution in [0.1, 0.15) is 24.0 Å². The van der Waals surface area contributed by atoms with Gasteiger partial charge in [0, 0.05) is 37.8 Å². The predicted octanol–water partition coefficient (Wildman–Crippen LogP) is 3.24. The summed E-state index contributed by atoms with van der Waals surface area (Å²) in [5.74, 6) is 0.816. The summed E-state index contributed by atoms with van der Waals surface area (Å²) in [5.41, 5.74) is 2.52. The van der Waals surface area contributed by atoms with Crippen LogP contribution in [0.25, 0.3) is 0 Å². The maximum Gasteiger partial charge on any atom is 0.191 e. The van der Waals surface area contributed by atoms with Crippen LogP contribution in [0, 0.1) is 6.92 Å². The maximum atomic E-state index is 5.74. The first kappa shape index (κ1) is 21.7. The highest BCUT2D eigenvalue weighted by atomic mass is 127. The lowest BCUT2D eigenvalue weighted by molar-refractivity contribution is 0.0420. The summed E-state index contributed by atoms with van der Waals surface area (Å²) in [6.45, 7) is 6.03. The van der Waals surface area contributed by atoms with E-state index in [1.165, 1.54) is 11.1 Å². The van der Waals surface area contributed by atoms with Gasteiger partial charge in [0.15, 0.2) is 5.96 Å². The van der Waals surface area contributed by atoms with Crippen molar-refractivity contribution in [2.75, 3.05) is 33.4 Å². The lowest BCUT2D eigenvalue weighted by atomic mass is 10.1. The molecule has 1 atom stereocenters. The molecule has 24 heavy (non-hydrogen) atoms. The molecular formula is C17H27BrIN3O2. The number of guanidine groups is 1. The normalized spacial score (nSPS) is 17.5. The van der Waals surface area contributed by atoms with Crippen molar-refractivity contribution in [3.05, 3.63) is 33.8 Å². The zero-order chi connectivity index (χ0) is 16.5. The number of hydrogen-bond donors (Lipinski definition) is 2. The topological polar surface area (TPSA) is 54.9 Å². The second kappa shape index (κ2) is 12.1. The van der Waals surface area contributed by atoms with Crippen molar-refractivity contribution < 1.29 is 9.47 Å². The average molecular weight is 512 g/mol. The van der Waals surface area contributed by atoms with Gasteiger partial charge in [0.1, 0.15) is 0 Å². The van der Waals surface area contributed by atoms with Gasteiger partial charge in [-0.3, -0.25) is 4.99 Å². The van der Waals surface area contributed by atoms with Crippen molar-refractivity contribution in [2.45, 2.75) is 32.4 Å². The highest BCUT2D eigenvalue weighted by molar-refractivity contribution is 14.0. The third-order valence-corrected chi connectivity index (χ3v) is 4.32. The zero-order valence-corrected chi connectivity index (χ0v) is 18.2. The van der Waals surface area contributed by atoms with Crippen molar-refractivity contribution in [2.24, 2.45) is 4.99 Å². The Kier molecular flexibility index (Phi) is 10.9. The molecule has 2 rings (SSSR count). The molecule has 0 bridgehead atoms. The van der Waals surface area contributed by atoms with Crippen molar-refractivity contribution in [3.8, 4) is 0 Å². The van der Waals surface area contributed by atoms with E-state index >= 15 is 0 Å². The molecule has 136 valence electrons. The van der Waals surface area contributed by atoms with E-state index in [1.807, 2.05) is 0 Å². The van der Waals surface area contributed by atoms with Gasteiger partial charge in [-0.25, -0.2) is 0 Å². The standard InChI is InChI=1S/C17H26BrN3O2.HI/c1-13-10-15(18)5-4-14(13)11-21-17(19-2)20-7-3-8-23-16-6-9-22-12-16;/h4-5,10,16H,3,6-9,11-12H2,1-2H3,(H2,19,20,21);1H. The van der Waals surface area contributed by atoms with Gasteiger partial charge < -0.3 is 20.1 Å². The van der Waals surface area contributed by atoms with E-state index in [1.54, 1.807) is 7.05 Å².